The molecule has 3 nitrogen and oxygen atoms in total. The summed E-state index contributed by atoms with van der Waals surface area (Å²) in [4.78, 5) is 16.4. The van der Waals surface area contributed by atoms with Gasteiger partial charge in [-0.05, 0) is 31.2 Å². The van der Waals surface area contributed by atoms with E-state index in [2.05, 4.69) is 47.6 Å². The van der Waals surface area contributed by atoms with Gasteiger partial charge >= 0.3 is 0 Å². The summed E-state index contributed by atoms with van der Waals surface area (Å²) in [7, 11) is 1.84. The molecule has 0 bridgehead atoms. The fourth-order valence-corrected chi connectivity index (χ4v) is 4.55. The van der Waals surface area contributed by atoms with Crippen molar-refractivity contribution in [1.82, 2.24) is 9.55 Å². The Labute approximate surface area is 148 Å². The Kier molecular flexibility index (Phi) is 2.94. The van der Waals surface area contributed by atoms with Crippen molar-refractivity contribution in [2.75, 3.05) is 0 Å². The smallest absolute Gasteiger partial charge is 0.259 e. The van der Waals surface area contributed by atoms with Crippen LogP contribution in [0.15, 0.2) is 58.7 Å². The van der Waals surface area contributed by atoms with Gasteiger partial charge in [0.2, 0.25) is 0 Å². The van der Waals surface area contributed by atoms with E-state index in [1.165, 1.54) is 10.3 Å². The van der Waals surface area contributed by atoms with Crippen molar-refractivity contribution in [1.29, 1.82) is 0 Å². The Morgan fingerprint density at radius 2 is 1.80 bits per heavy atom. The fraction of sp³-hybridized carbons (Fsp3) is 0.0952. The van der Waals surface area contributed by atoms with Crippen LogP contribution in [0.3, 0.4) is 0 Å². The van der Waals surface area contributed by atoms with Crippen molar-refractivity contribution in [2.24, 2.45) is 7.05 Å². The van der Waals surface area contributed by atoms with Crippen molar-refractivity contribution < 1.29 is 0 Å². The molecule has 3 aromatic heterocycles. The van der Waals surface area contributed by atoms with Gasteiger partial charge in [0, 0.05) is 49.9 Å². The third-order valence-corrected chi connectivity index (χ3v) is 5.87. The molecule has 0 saturated heterocycles. The summed E-state index contributed by atoms with van der Waals surface area (Å²) >= 11 is 1.68. The average Bonchev–Trinajstić information content (AvgIpc) is 3.19. The monoisotopic (exact) mass is 344 g/mol. The summed E-state index contributed by atoms with van der Waals surface area (Å²) in [5, 5.41) is 5.48. The van der Waals surface area contributed by atoms with Gasteiger partial charge in [0.1, 0.15) is 5.65 Å². The Hall–Kier alpha value is -2.85. The molecule has 4 heteroatoms. The topological polar surface area (TPSA) is 37.8 Å². The van der Waals surface area contributed by atoms with Crippen molar-refractivity contribution in [3.05, 3.63) is 69.8 Å². The first-order valence-electron chi connectivity index (χ1n) is 8.22. The molecule has 0 atom stereocenters. The van der Waals surface area contributed by atoms with Crippen LogP contribution in [0.5, 0.6) is 0 Å². The van der Waals surface area contributed by atoms with Crippen LogP contribution in [0, 0.1) is 6.92 Å². The number of hydrogen-bond donors (Lipinski definition) is 1. The van der Waals surface area contributed by atoms with E-state index in [-0.39, 0.29) is 5.56 Å². The largest absolute Gasteiger partial charge is 0.341 e. The van der Waals surface area contributed by atoms with Crippen molar-refractivity contribution in [2.45, 2.75) is 6.92 Å². The number of aromatic nitrogens is 2. The van der Waals surface area contributed by atoms with Crippen molar-refractivity contribution >= 4 is 43.4 Å². The number of H-pyrrole nitrogens is 1. The third-order valence-electron chi connectivity index (χ3n) is 4.90. The Morgan fingerprint density at radius 3 is 2.68 bits per heavy atom. The van der Waals surface area contributed by atoms with E-state index in [1.807, 2.05) is 25.2 Å². The van der Waals surface area contributed by atoms with Crippen LogP contribution in [0.4, 0.5) is 0 Å². The molecule has 5 aromatic rings. The maximum atomic E-state index is 13.0. The van der Waals surface area contributed by atoms with Crippen LogP contribution in [0.1, 0.15) is 5.56 Å². The zero-order valence-electron chi connectivity index (χ0n) is 14.0. The predicted molar refractivity (Wildman–Crippen MR) is 107 cm³/mol. The molecule has 0 amide bonds. The van der Waals surface area contributed by atoms with Crippen LogP contribution >= 0.6 is 11.3 Å². The Balaban J connectivity index is 1.93. The molecule has 0 spiro atoms. The molecule has 0 fully saturated rings. The molecule has 0 unspecified atom stereocenters. The van der Waals surface area contributed by atoms with Crippen LogP contribution in [0.2, 0.25) is 0 Å². The number of hydrogen-bond acceptors (Lipinski definition) is 2. The highest BCUT2D eigenvalue weighted by atomic mass is 32.1. The molecular formula is C21H16N2OS. The first kappa shape index (κ1) is 14.5. The quantitative estimate of drug-likeness (QED) is 0.445. The molecule has 0 radical (unpaired) electrons. The molecule has 0 aliphatic heterocycles. The third kappa shape index (κ3) is 2.01. The van der Waals surface area contributed by atoms with Crippen LogP contribution in [0.25, 0.3) is 43.1 Å². The lowest BCUT2D eigenvalue weighted by atomic mass is 10.0. The van der Waals surface area contributed by atoms with Gasteiger partial charge in [-0.3, -0.25) is 9.36 Å². The highest BCUT2D eigenvalue weighted by Gasteiger charge is 2.15. The molecule has 0 saturated carbocycles. The van der Waals surface area contributed by atoms with E-state index in [0.717, 1.165) is 38.4 Å². The minimum absolute atomic E-state index is 0.0272. The summed E-state index contributed by atoms with van der Waals surface area (Å²) in [6, 6.07) is 16.6. The lowest BCUT2D eigenvalue weighted by molar-refractivity contribution is 0.896. The van der Waals surface area contributed by atoms with Crippen LogP contribution < -0.4 is 5.56 Å². The van der Waals surface area contributed by atoms with Crippen molar-refractivity contribution in [3.63, 3.8) is 0 Å². The second-order valence-corrected chi connectivity index (χ2v) is 7.42. The van der Waals surface area contributed by atoms with Crippen LogP contribution in [-0.4, -0.2) is 9.55 Å². The molecule has 25 heavy (non-hydrogen) atoms. The van der Waals surface area contributed by atoms with E-state index < -0.39 is 0 Å². The molecular weight excluding hydrogens is 328 g/mol. The van der Waals surface area contributed by atoms with E-state index in [1.54, 1.807) is 15.9 Å². The van der Waals surface area contributed by atoms with E-state index in [0.29, 0.717) is 0 Å². The van der Waals surface area contributed by atoms with Gasteiger partial charge in [0.25, 0.3) is 5.56 Å². The minimum atomic E-state index is 0.0272. The van der Waals surface area contributed by atoms with Gasteiger partial charge in [-0.25, -0.2) is 0 Å². The molecule has 5 rings (SSSR count). The van der Waals surface area contributed by atoms with Gasteiger partial charge in [0.15, 0.2) is 0 Å². The zero-order valence-corrected chi connectivity index (χ0v) is 14.8. The van der Waals surface area contributed by atoms with Crippen molar-refractivity contribution in [3.8, 4) is 11.1 Å². The normalized spacial score (nSPS) is 11.8. The summed E-state index contributed by atoms with van der Waals surface area (Å²) in [5.41, 5.74) is 4.95. The predicted octanol–water partition coefficient (Wildman–Crippen LogP) is 5.21. The first-order valence-corrected chi connectivity index (χ1v) is 9.10. The number of thiophene rings is 1. The second kappa shape index (κ2) is 5.07. The maximum absolute atomic E-state index is 13.0. The SMILES string of the molecule is Cc1ccc2[nH]c3c(cc(-c4csc5ccccc45)c(=O)n3C)c2c1. The van der Waals surface area contributed by atoms with Gasteiger partial charge in [-0.2, -0.15) is 0 Å². The highest BCUT2D eigenvalue weighted by Crippen LogP contribution is 2.34. The molecule has 2 aromatic carbocycles. The highest BCUT2D eigenvalue weighted by molar-refractivity contribution is 7.17. The number of nitrogens with one attached hydrogen (secondary N) is 1. The number of nitrogens with zero attached hydrogens (tertiary/aromatic N) is 1. The van der Waals surface area contributed by atoms with E-state index in [9.17, 15) is 4.79 Å². The second-order valence-electron chi connectivity index (χ2n) is 6.50. The maximum Gasteiger partial charge on any atom is 0.259 e. The van der Waals surface area contributed by atoms with Gasteiger partial charge in [-0.1, -0.05) is 29.8 Å². The lowest BCUT2D eigenvalue weighted by Crippen LogP contribution is -2.18. The van der Waals surface area contributed by atoms with Gasteiger partial charge < -0.3 is 4.98 Å². The number of aryl methyl sites for hydroxylation is 2. The molecule has 1 N–H and O–H groups in total. The molecule has 3 heterocycles. The Morgan fingerprint density at radius 1 is 0.960 bits per heavy atom. The lowest BCUT2D eigenvalue weighted by Gasteiger charge is -2.05. The number of pyridine rings is 1. The standard InChI is InChI=1S/C21H16N2OS/c1-12-7-8-18-14(9-12)15-10-16(21(24)23(2)20(15)22-18)17-11-25-19-6-4-3-5-13(17)19/h3-11,22H,1-2H3. The molecule has 0 aliphatic carbocycles. The van der Waals surface area contributed by atoms with E-state index in [4.69, 9.17) is 0 Å². The van der Waals surface area contributed by atoms with Gasteiger partial charge in [-0.15, -0.1) is 11.3 Å². The summed E-state index contributed by atoms with van der Waals surface area (Å²) in [6.07, 6.45) is 0. The van der Waals surface area contributed by atoms with E-state index >= 15 is 0 Å². The van der Waals surface area contributed by atoms with Crippen LogP contribution in [-0.2, 0) is 7.05 Å². The number of benzene rings is 2. The number of rotatable bonds is 1. The fourth-order valence-electron chi connectivity index (χ4n) is 3.59. The summed E-state index contributed by atoms with van der Waals surface area (Å²) in [6.45, 7) is 2.09. The number of aromatic amines is 1. The minimum Gasteiger partial charge on any atom is -0.341 e. The molecule has 122 valence electrons. The first-order chi connectivity index (χ1) is 12.1. The Bertz CT molecular complexity index is 1340. The van der Waals surface area contributed by atoms with Gasteiger partial charge in [0.05, 0.1) is 0 Å². The zero-order chi connectivity index (χ0) is 17.1. The number of fused-ring (bicyclic) bond motifs is 4. The molecule has 0 aliphatic rings. The summed E-state index contributed by atoms with van der Waals surface area (Å²) in [5.74, 6) is 0. The average molecular weight is 344 g/mol. The summed E-state index contributed by atoms with van der Waals surface area (Å²) < 4.78 is 2.93.